The third-order valence-corrected chi connectivity index (χ3v) is 11.4. The van der Waals surface area contributed by atoms with Crippen molar-refractivity contribution in [3.05, 3.63) is 0 Å². The Morgan fingerprint density at radius 1 is 0.931 bits per heavy atom. The van der Waals surface area contributed by atoms with Crippen LogP contribution < -0.4 is 0 Å². The van der Waals surface area contributed by atoms with Crippen LogP contribution in [0.1, 0.15) is 55.4 Å². The van der Waals surface area contributed by atoms with E-state index in [9.17, 15) is 29.3 Å². The maximum absolute atomic E-state index is 13.7. The second kappa shape index (κ2) is 7.98. The highest BCUT2D eigenvalue weighted by molar-refractivity contribution is 7.60. The molecule has 1 aliphatic rings. The Balaban J connectivity index is 3.19. The van der Waals surface area contributed by atoms with Crippen LogP contribution in [0.3, 0.4) is 0 Å². The van der Waals surface area contributed by atoms with Crippen molar-refractivity contribution in [1.29, 1.82) is 0 Å². The molecule has 0 saturated carbocycles. The van der Waals surface area contributed by atoms with E-state index in [1.165, 1.54) is 20.5 Å². The van der Waals surface area contributed by atoms with Crippen molar-refractivity contribution in [2.24, 2.45) is 0 Å². The minimum absolute atomic E-state index is 1.05. The number of rotatable bonds is 8. The molecule has 4 N–H and O–H groups in total. The molecule has 6 atom stereocenters. The highest BCUT2D eigenvalue weighted by Gasteiger charge is 2.58. The first-order chi connectivity index (χ1) is 12.5. The molecule has 2 radical (unpaired) electrons. The molecule has 0 aromatic rings. The minimum atomic E-state index is -4.50. The number of ether oxygens (including phenoxy) is 1. The lowest BCUT2D eigenvalue weighted by molar-refractivity contribution is -0.0897. The van der Waals surface area contributed by atoms with Gasteiger partial charge in [-0.05, 0) is 55.4 Å². The second-order valence-corrected chi connectivity index (χ2v) is 15.0. The number of hydrogen-bond donors (Lipinski definition) is 4. The molecule has 0 aliphatic carbocycles. The normalized spacial score (nSPS) is 31.3. The van der Waals surface area contributed by atoms with Gasteiger partial charge in [0.15, 0.2) is 5.34 Å². The average molecular weight is 456 g/mol. The Morgan fingerprint density at radius 3 is 1.72 bits per heavy atom. The summed E-state index contributed by atoms with van der Waals surface area (Å²) >= 11 is 0. The molecule has 0 bridgehead atoms. The molecule has 12 heteroatoms. The smallest absolute Gasteiger partial charge is 0.359 e. The summed E-state index contributed by atoms with van der Waals surface area (Å²) in [5, 5.41) is 26.7. The molecule has 0 spiro atoms. The van der Waals surface area contributed by atoms with Gasteiger partial charge in [-0.3, -0.25) is 13.7 Å². The molecule has 29 heavy (non-hydrogen) atoms. The van der Waals surface area contributed by atoms with Crippen molar-refractivity contribution >= 4 is 22.8 Å². The van der Waals surface area contributed by atoms with Crippen LogP contribution in [-0.2, 0) is 22.9 Å². The molecule has 3 unspecified atom stereocenters. The molecule has 1 rings (SSSR count). The summed E-state index contributed by atoms with van der Waals surface area (Å²) in [6, 6.07) is -1.12. The first-order valence-electron chi connectivity index (χ1n) is 9.32. The van der Waals surface area contributed by atoms with E-state index in [4.69, 9.17) is 21.6 Å². The molecular weight excluding hydrogens is 421 g/mol. The highest BCUT2D eigenvalue weighted by Crippen LogP contribution is 2.67. The van der Waals surface area contributed by atoms with Gasteiger partial charge in [0.05, 0.1) is 22.5 Å². The van der Waals surface area contributed by atoms with Gasteiger partial charge in [0, 0.05) is 12.7 Å². The van der Waals surface area contributed by atoms with Crippen LogP contribution in [-0.4, -0.2) is 80.7 Å². The average Bonchev–Trinajstić information content (AvgIpc) is 2.72. The molecule has 9 nitrogen and oxygen atoms in total. The van der Waals surface area contributed by atoms with E-state index in [-0.39, 0.29) is 0 Å². The summed E-state index contributed by atoms with van der Waals surface area (Å²) in [5.74, 6) is 0. The third-order valence-electron chi connectivity index (χ3n) is 5.93. The second-order valence-electron chi connectivity index (χ2n) is 9.72. The van der Waals surface area contributed by atoms with Crippen LogP contribution in [0.4, 0.5) is 0 Å². The first kappa shape index (κ1) is 27.3. The van der Waals surface area contributed by atoms with Crippen LogP contribution in [0, 0.1) is 0 Å². The summed E-state index contributed by atoms with van der Waals surface area (Å²) in [6.45, 7) is 12.8. The minimum Gasteiger partial charge on any atom is -0.388 e. The van der Waals surface area contributed by atoms with E-state index in [0.717, 1.165) is 13.8 Å². The predicted octanol–water partition coefficient (Wildman–Crippen LogP) is 1.79. The molecule has 0 amide bonds. The zero-order valence-electron chi connectivity index (χ0n) is 18.6. The Morgan fingerprint density at radius 2 is 1.38 bits per heavy atom. The van der Waals surface area contributed by atoms with E-state index < -0.39 is 61.0 Å². The summed E-state index contributed by atoms with van der Waals surface area (Å²) < 4.78 is 42.9. The quantitative estimate of drug-likeness (QED) is 0.318. The first-order valence-corrected chi connectivity index (χ1v) is 13.0. The van der Waals surface area contributed by atoms with Gasteiger partial charge in [-0.25, -0.2) is 0 Å². The lowest BCUT2D eigenvalue weighted by atomic mass is 9.90. The topological polar surface area (TPSA) is 143 Å². The van der Waals surface area contributed by atoms with Crippen molar-refractivity contribution in [3.63, 3.8) is 0 Å². The van der Waals surface area contributed by atoms with Crippen LogP contribution in [0.25, 0.3) is 0 Å². The Hall–Kier alpha value is 0.245. The molecule has 0 aromatic heterocycles. The van der Waals surface area contributed by atoms with E-state index >= 15 is 0 Å². The van der Waals surface area contributed by atoms with Crippen molar-refractivity contribution in [2.75, 3.05) is 6.66 Å². The van der Waals surface area contributed by atoms with E-state index in [1.54, 1.807) is 27.7 Å². The Bertz CT molecular complexity index is 702. The van der Waals surface area contributed by atoms with Gasteiger partial charge in [-0.1, -0.05) is 0 Å². The van der Waals surface area contributed by atoms with Crippen molar-refractivity contribution in [1.82, 2.24) is 0 Å². The number of aliphatic hydroxyl groups excluding tert-OH is 2. The van der Waals surface area contributed by atoms with Gasteiger partial charge in [-0.15, -0.1) is 0 Å². The van der Waals surface area contributed by atoms with Gasteiger partial charge < -0.3 is 29.5 Å². The number of aliphatic hydroxyl groups is 3. The Labute approximate surface area is 174 Å². The van der Waals surface area contributed by atoms with Crippen molar-refractivity contribution in [2.45, 2.75) is 101 Å². The summed E-state index contributed by atoms with van der Waals surface area (Å²) in [6.07, 6.45) is -3.72. The molecule has 0 aromatic carbocycles. The fourth-order valence-electron chi connectivity index (χ4n) is 2.92. The molecule has 1 saturated heterocycles. The molecular formula is C17H35BO9P2. The summed E-state index contributed by atoms with van der Waals surface area (Å²) in [4.78, 5) is 10.2. The van der Waals surface area contributed by atoms with Gasteiger partial charge in [0.25, 0.3) is 0 Å². The standard InChI is InChI=1S/C17H35BO9P2/c1-14(2,12-10(19)11(20)13(18)25-12)26-28(9,22)16(5,6)15(3,4)27-29(23,24)17(7,8)21/h10-13,19-21H,1-9H3,(H,23,24)/t10-,11+,12?,13+,28?/m0/s1. The molecule has 170 valence electrons. The maximum Gasteiger partial charge on any atom is 0.359 e. The number of hydrogen-bond acceptors (Lipinski definition) is 8. The van der Waals surface area contributed by atoms with Crippen molar-refractivity contribution in [3.8, 4) is 0 Å². The Kier molecular flexibility index (Phi) is 7.51. The lowest BCUT2D eigenvalue weighted by Crippen LogP contribution is -2.51. The van der Waals surface area contributed by atoms with Crippen LogP contribution in [0.5, 0.6) is 0 Å². The molecule has 1 heterocycles. The monoisotopic (exact) mass is 456 g/mol. The summed E-state index contributed by atoms with van der Waals surface area (Å²) in [7, 11) is -2.52. The zero-order valence-corrected chi connectivity index (χ0v) is 20.4. The van der Waals surface area contributed by atoms with Gasteiger partial charge in [0.2, 0.25) is 7.37 Å². The van der Waals surface area contributed by atoms with Crippen molar-refractivity contribution < 1.29 is 43.1 Å². The predicted molar refractivity (Wildman–Crippen MR) is 110 cm³/mol. The zero-order chi connectivity index (χ0) is 23.4. The van der Waals surface area contributed by atoms with E-state index in [0.29, 0.717) is 0 Å². The van der Waals surface area contributed by atoms with Gasteiger partial charge in [0.1, 0.15) is 20.1 Å². The van der Waals surface area contributed by atoms with E-state index in [1.807, 2.05) is 0 Å². The maximum atomic E-state index is 13.7. The molecule has 1 aliphatic heterocycles. The SMILES string of the molecule is [B][C@@H]1OC(C(C)(C)OP(C)(=O)C(C)(C)C(C)(C)OP(=O)(O)C(C)(C)O)[C@@H](O)[C@H]1O. The van der Waals surface area contributed by atoms with Gasteiger partial charge >= 0.3 is 7.60 Å². The van der Waals surface area contributed by atoms with Gasteiger partial charge in [-0.2, -0.15) is 0 Å². The lowest BCUT2D eigenvalue weighted by Gasteiger charge is -2.48. The highest BCUT2D eigenvalue weighted by atomic mass is 31.2. The van der Waals surface area contributed by atoms with Crippen LogP contribution in [0.2, 0.25) is 0 Å². The van der Waals surface area contributed by atoms with E-state index in [2.05, 4.69) is 0 Å². The third kappa shape index (κ3) is 5.19. The van der Waals surface area contributed by atoms with Crippen LogP contribution in [0.15, 0.2) is 0 Å². The fraction of sp³-hybridized carbons (Fsp3) is 1.00. The largest absolute Gasteiger partial charge is 0.388 e. The fourth-order valence-corrected chi connectivity index (χ4v) is 6.31. The van der Waals surface area contributed by atoms with Crippen LogP contribution >= 0.6 is 15.0 Å². The summed E-state index contributed by atoms with van der Waals surface area (Å²) in [5.41, 5.74) is -2.80. The molecule has 1 fully saturated rings.